The molecule has 156 valence electrons. The van der Waals surface area contributed by atoms with E-state index in [4.69, 9.17) is 9.47 Å². The zero-order chi connectivity index (χ0) is 18.2. The van der Waals surface area contributed by atoms with E-state index < -0.39 is 6.10 Å². The van der Waals surface area contributed by atoms with Crippen molar-refractivity contribution in [3.63, 3.8) is 0 Å². The zero-order valence-electron chi connectivity index (χ0n) is 16.2. The number of hydrogen-bond donors (Lipinski definition) is 1. The topological polar surface area (TPSA) is 45.2 Å². The second-order valence-electron chi connectivity index (χ2n) is 6.64. The van der Waals surface area contributed by atoms with Gasteiger partial charge in [0.05, 0.1) is 26.4 Å². The number of benzene rings is 2. The van der Waals surface area contributed by atoms with Crippen LogP contribution in [0.2, 0.25) is 0 Å². The molecule has 0 aromatic heterocycles. The zero-order valence-corrected chi connectivity index (χ0v) is 17.8. The second-order valence-corrected chi connectivity index (χ2v) is 6.64. The molecule has 1 aliphatic heterocycles. The van der Waals surface area contributed by atoms with Crippen LogP contribution in [0.5, 0.6) is 5.75 Å². The molecule has 1 aliphatic rings. The number of halogens is 2. The molecule has 0 bridgehead atoms. The summed E-state index contributed by atoms with van der Waals surface area (Å²) in [4.78, 5) is 4.67. The van der Waals surface area contributed by atoms with E-state index in [0.29, 0.717) is 19.8 Å². The molecule has 1 unspecified atom stereocenters. The fourth-order valence-electron chi connectivity index (χ4n) is 3.22. The average molecular weight is 429 g/mol. The van der Waals surface area contributed by atoms with Gasteiger partial charge in [0.15, 0.2) is 0 Å². The van der Waals surface area contributed by atoms with E-state index in [1.165, 1.54) is 5.69 Å². The molecule has 1 N–H and O–H groups in total. The molecule has 1 fully saturated rings. The van der Waals surface area contributed by atoms with E-state index in [1.807, 2.05) is 42.5 Å². The maximum atomic E-state index is 10.2. The first-order chi connectivity index (χ1) is 12.7. The number of anilines is 1. The molecule has 7 heteroatoms. The number of nitrogens with zero attached hydrogens (tertiary/aromatic N) is 2. The Hall–Kier alpha value is -1.50. The summed E-state index contributed by atoms with van der Waals surface area (Å²) in [5, 5.41) is 10.2. The molecule has 0 saturated carbocycles. The lowest BCUT2D eigenvalue weighted by atomic mass is 10.2. The molecule has 1 atom stereocenters. The summed E-state index contributed by atoms with van der Waals surface area (Å²) in [6.45, 7) is 5.39. The summed E-state index contributed by atoms with van der Waals surface area (Å²) in [5.74, 6) is 0.881. The minimum absolute atomic E-state index is 0. The van der Waals surface area contributed by atoms with E-state index in [0.717, 1.165) is 37.5 Å². The summed E-state index contributed by atoms with van der Waals surface area (Å²) in [7, 11) is 1.68. The number of hydrogen-bond acceptors (Lipinski definition) is 5. The number of aliphatic hydroxyl groups is 1. The van der Waals surface area contributed by atoms with Crippen molar-refractivity contribution in [2.75, 3.05) is 51.3 Å². The van der Waals surface area contributed by atoms with Crippen molar-refractivity contribution in [1.29, 1.82) is 0 Å². The standard InChI is InChI=1S/C21H28N2O3.2ClH/c1-25-21-9-7-19(8-10-21)23-13-11-22(12-14-23)15-20(24)17-26-16-18-5-3-2-4-6-18;;/h2-10,20,24H,11-17H2,1H3;2*1H. The van der Waals surface area contributed by atoms with Gasteiger partial charge in [0.2, 0.25) is 0 Å². The van der Waals surface area contributed by atoms with Gasteiger partial charge in [-0.25, -0.2) is 0 Å². The first-order valence-corrected chi connectivity index (χ1v) is 9.15. The Morgan fingerprint density at radius 2 is 1.57 bits per heavy atom. The van der Waals surface area contributed by atoms with Crippen LogP contribution >= 0.6 is 24.8 Å². The van der Waals surface area contributed by atoms with Crippen molar-refractivity contribution in [2.24, 2.45) is 0 Å². The molecule has 2 aromatic rings. The summed E-state index contributed by atoms with van der Waals surface area (Å²) >= 11 is 0. The molecular formula is C21H30Cl2N2O3. The lowest BCUT2D eigenvalue weighted by Gasteiger charge is -2.36. The molecule has 28 heavy (non-hydrogen) atoms. The van der Waals surface area contributed by atoms with Crippen molar-refractivity contribution in [2.45, 2.75) is 12.7 Å². The monoisotopic (exact) mass is 428 g/mol. The highest BCUT2D eigenvalue weighted by Gasteiger charge is 2.19. The Morgan fingerprint density at radius 1 is 0.929 bits per heavy atom. The van der Waals surface area contributed by atoms with Crippen molar-refractivity contribution < 1.29 is 14.6 Å². The van der Waals surface area contributed by atoms with Crippen LogP contribution in [0.15, 0.2) is 54.6 Å². The van der Waals surface area contributed by atoms with Gasteiger partial charge in [-0.3, -0.25) is 4.90 Å². The first-order valence-electron chi connectivity index (χ1n) is 9.15. The number of methoxy groups -OCH3 is 1. The van der Waals surface area contributed by atoms with Gasteiger partial charge in [0.1, 0.15) is 5.75 Å². The Morgan fingerprint density at radius 3 is 2.18 bits per heavy atom. The minimum Gasteiger partial charge on any atom is -0.497 e. The van der Waals surface area contributed by atoms with Gasteiger partial charge in [-0.2, -0.15) is 0 Å². The van der Waals surface area contributed by atoms with Gasteiger partial charge in [-0.15, -0.1) is 24.8 Å². The van der Waals surface area contributed by atoms with Gasteiger partial charge in [0.25, 0.3) is 0 Å². The highest BCUT2D eigenvalue weighted by Crippen LogP contribution is 2.20. The number of aliphatic hydroxyl groups excluding tert-OH is 1. The van der Waals surface area contributed by atoms with E-state index in [9.17, 15) is 5.11 Å². The van der Waals surface area contributed by atoms with Crippen LogP contribution in [0.25, 0.3) is 0 Å². The van der Waals surface area contributed by atoms with Crippen molar-refractivity contribution in [3.8, 4) is 5.75 Å². The predicted molar refractivity (Wildman–Crippen MR) is 118 cm³/mol. The molecule has 0 radical (unpaired) electrons. The highest BCUT2D eigenvalue weighted by molar-refractivity contribution is 5.85. The molecule has 2 aromatic carbocycles. The Kier molecular flexibility index (Phi) is 11.3. The molecular weight excluding hydrogens is 399 g/mol. The Labute approximate surface area is 180 Å². The van der Waals surface area contributed by atoms with E-state index >= 15 is 0 Å². The van der Waals surface area contributed by atoms with Gasteiger partial charge < -0.3 is 19.5 Å². The highest BCUT2D eigenvalue weighted by atomic mass is 35.5. The van der Waals surface area contributed by atoms with Crippen LogP contribution < -0.4 is 9.64 Å². The molecule has 5 nitrogen and oxygen atoms in total. The fraction of sp³-hybridized carbons (Fsp3) is 0.429. The van der Waals surface area contributed by atoms with Crippen molar-refractivity contribution in [1.82, 2.24) is 4.90 Å². The van der Waals surface area contributed by atoms with Crippen LogP contribution in [0.1, 0.15) is 5.56 Å². The van der Waals surface area contributed by atoms with Crippen LogP contribution in [0.4, 0.5) is 5.69 Å². The minimum atomic E-state index is -0.453. The number of β-amino-alcohol motifs (C(OH)–C–C–N with tert-alkyl or cyclic N) is 1. The second kappa shape index (κ2) is 12.9. The van der Waals surface area contributed by atoms with Gasteiger partial charge in [-0.1, -0.05) is 30.3 Å². The number of piperazine rings is 1. The van der Waals surface area contributed by atoms with E-state index in [1.54, 1.807) is 7.11 Å². The lowest BCUT2D eigenvalue weighted by Crippen LogP contribution is -2.49. The van der Waals surface area contributed by atoms with Gasteiger partial charge in [-0.05, 0) is 29.8 Å². The maximum Gasteiger partial charge on any atom is 0.119 e. The number of rotatable bonds is 8. The fourth-order valence-corrected chi connectivity index (χ4v) is 3.22. The lowest BCUT2D eigenvalue weighted by molar-refractivity contribution is 0.00914. The smallest absolute Gasteiger partial charge is 0.119 e. The number of ether oxygens (including phenoxy) is 2. The third-order valence-electron chi connectivity index (χ3n) is 4.70. The Bertz CT molecular complexity index is 650. The van der Waals surface area contributed by atoms with Crippen LogP contribution in [-0.2, 0) is 11.3 Å². The summed E-state index contributed by atoms with van der Waals surface area (Å²) in [6, 6.07) is 18.2. The quantitative estimate of drug-likeness (QED) is 0.698. The molecule has 0 amide bonds. The van der Waals surface area contributed by atoms with E-state index in [-0.39, 0.29) is 24.8 Å². The molecule has 0 aliphatic carbocycles. The third kappa shape index (κ3) is 7.49. The van der Waals surface area contributed by atoms with Crippen LogP contribution in [-0.4, -0.2) is 62.6 Å². The molecule has 0 spiro atoms. The van der Waals surface area contributed by atoms with Gasteiger partial charge in [0, 0.05) is 38.4 Å². The van der Waals surface area contributed by atoms with Crippen LogP contribution in [0, 0.1) is 0 Å². The molecule has 3 rings (SSSR count). The SMILES string of the molecule is COc1ccc(N2CCN(CC(O)COCc3ccccc3)CC2)cc1.Cl.Cl. The first kappa shape index (κ1) is 24.5. The van der Waals surface area contributed by atoms with Crippen LogP contribution in [0.3, 0.4) is 0 Å². The largest absolute Gasteiger partial charge is 0.497 e. The maximum absolute atomic E-state index is 10.2. The molecule has 1 saturated heterocycles. The summed E-state index contributed by atoms with van der Waals surface area (Å²) in [5.41, 5.74) is 2.35. The Balaban J connectivity index is 0.00000196. The van der Waals surface area contributed by atoms with Crippen molar-refractivity contribution in [3.05, 3.63) is 60.2 Å². The van der Waals surface area contributed by atoms with Crippen molar-refractivity contribution >= 4 is 30.5 Å². The predicted octanol–water partition coefficient (Wildman–Crippen LogP) is 3.24. The third-order valence-corrected chi connectivity index (χ3v) is 4.70. The van der Waals surface area contributed by atoms with E-state index in [2.05, 4.69) is 21.9 Å². The summed E-state index contributed by atoms with van der Waals surface area (Å²) in [6.07, 6.45) is -0.453. The summed E-state index contributed by atoms with van der Waals surface area (Å²) < 4.78 is 10.8. The normalized spacial score (nSPS) is 15.3. The average Bonchev–Trinajstić information content (AvgIpc) is 2.69. The molecule has 1 heterocycles. The van der Waals surface area contributed by atoms with Gasteiger partial charge >= 0.3 is 0 Å².